The van der Waals surface area contributed by atoms with Gasteiger partial charge in [0.1, 0.15) is 0 Å². The Bertz CT molecular complexity index is 127. The van der Waals surface area contributed by atoms with Gasteiger partial charge in [0.25, 0.3) is 0 Å². The molecule has 1 aliphatic heterocycles. The number of aliphatic hydroxyl groups excluding tert-OH is 1. The van der Waals surface area contributed by atoms with Crippen LogP contribution in [0.15, 0.2) is 0 Å². The van der Waals surface area contributed by atoms with Gasteiger partial charge < -0.3 is 10.0 Å². The van der Waals surface area contributed by atoms with E-state index in [-0.39, 0.29) is 6.10 Å². The maximum atomic E-state index is 9.63. The van der Waals surface area contributed by atoms with Crippen molar-refractivity contribution in [3.8, 4) is 0 Å². The second-order valence-corrected chi connectivity index (χ2v) is 3.76. The average Bonchev–Trinajstić information content (AvgIpc) is 1.97. The molecule has 0 bridgehead atoms. The SMILES string of the molecule is CC[C@H]1CN(C)[C@H](C)C[C@@H]1O. The predicted molar refractivity (Wildman–Crippen MR) is 46.5 cm³/mol. The highest BCUT2D eigenvalue weighted by molar-refractivity contribution is 4.82. The number of hydrogen-bond acceptors (Lipinski definition) is 2. The van der Waals surface area contributed by atoms with E-state index in [1.165, 1.54) is 0 Å². The quantitative estimate of drug-likeness (QED) is 0.616. The molecule has 66 valence electrons. The molecule has 1 heterocycles. The van der Waals surface area contributed by atoms with Crippen molar-refractivity contribution in [2.45, 2.75) is 38.8 Å². The van der Waals surface area contributed by atoms with Crippen LogP contribution in [0.4, 0.5) is 0 Å². The van der Waals surface area contributed by atoms with Crippen LogP contribution in [0, 0.1) is 5.92 Å². The van der Waals surface area contributed by atoms with Crippen molar-refractivity contribution in [3.63, 3.8) is 0 Å². The first-order valence-electron chi connectivity index (χ1n) is 4.53. The van der Waals surface area contributed by atoms with Gasteiger partial charge in [0.05, 0.1) is 6.10 Å². The highest BCUT2D eigenvalue weighted by Crippen LogP contribution is 2.22. The molecule has 0 radical (unpaired) electrons. The molecule has 11 heavy (non-hydrogen) atoms. The molecule has 0 aromatic rings. The van der Waals surface area contributed by atoms with E-state index in [0.29, 0.717) is 12.0 Å². The smallest absolute Gasteiger partial charge is 0.0595 e. The number of aliphatic hydroxyl groups is 1. The van der Waals surface area contributed by atoms with E-state index in [4.69, 9.17) is 0 Å². The molecule has 1 saturated heterocycles. The van der Waals surface area contributed by atoms with Crippen LogP contribution in [-0.2, 0) is 0 Å². The summed E-state index contributed by atoms with van der Waals surface area (Å²) in [7, 11) is 2.14. The summed E-state index contributed by atoms with van der Waals surface area (Å²) in [6.45, 7) is 5.38. The number of nitrogens with zero attached hydrogens (tertiary/aromatic N) is 1. The summed E-state index contributed by atoms with van der Waals surface area (Å²) in [5.41, 5.74) is 0. The third kappa shape index (κ3) is 1.94. The molecular formula is C9H19NO. The Morgan fingerprint density at radius 3 is 2.73 bits per heavy atom. The van der Waals surface area contributed by atoms with Crippen LogP contribution in [0.5, 0.6) is 0 Å². The van der Waals surface area contributed by atoms with Gasteiger partial charge >= 0.3 is 0 Å². The molecule has 0 unspecified atom stereocenters. The summed E-state index contributed by atoms with van der Waals surface area (Å²) >= 11 is 0. The van der Waals surface area contributed by atoms with E-state index in [0.717, 1.165) is 19.4 Å². The lowest BCUT2D eigenvalue weighted by Crippen LogP contribution is -2.45. The first-order valence-corrected chi connectivity index (χ1v) is 4.53. The monoisotopic (exact) mass is 157 g/mol. The van der Waals surface area contributed by atoms with Crippen LogP contribution < -0.4 is 0 Å². The molecule has 1 rings (SSSR count). The fourth-order valence-electron chi connectivity index (χ4n) is 1.79. The van der Waals surface area contributed by atoms with Gasteiger partial charge in [0.15, 0.2) is 0 Å². The van der Waals surface area contributed by atoms with Gasteiger partial charge in [-0.3, -0.25) is 0 Å². The second-order valence-electron chi connectivity index (χ2n) is 3.76. The highest BCUT2D eigenvalue weighted by atomic mass is 16.3. The van der Waals surface area contributed by atoms with Gasteiger partial charge in [-0.1, -0.05) is 6.92 Å². The highest BCUT2D eigenvalue weighted by Gasteiger charge is 2.28. The first-order chi connectivity index (χ1) is 5.15. The topological polar surface area (TPSA) is 23.5 Å². The molecule has 0 amide bonds. The molecule has 3 atom stereocenters. The van der Waals surface area contributed by atoms with Gasteiger partial charge in [0, 0.05) is 12.6 Å². The third-order valence-corrected chi connectivity index (χ3v) is 2.93. The number of piperidine rings is 1. The molecule has 0 aliphatic carbocycles. The summed E-state index contributed by atoms with van der Waals surface area (Å²) in [6, 6.07) is 0.549. The molecule has 2 heteroatoms. The van der Waals surface area contributed by atoms with Crippen molar-refractivity contribution in [1.29, 1.82) is 0 Å². The van der Waals surface area contributed by atoms with E-state index in [2.05, 4.69) is 25.8 Å². The molecule has 0 aromatic heterocycles. The molecule has 0 spiro atoms. The van der Waals surface area contributed by atoms with Crippen molar-refractivity contribution in [2.75, 3.05) is 13.6 Å². The molecule has 2 nitrogen and oxygen atoms in total. The number of rotatable bonds is 1. The zero-order valence-corrected chi connectivity index (χ0v) is 7.75. The fourth-order valence-corrected chi connectivity index (χ4v) is 1.79. The zero-order valence-electron chi connectivity index (χ0n) is 7.75. The third-order valence-electron chi connectivity index (χ3n) is 2.93. The van der Waals surface area contributed by atoms with Crippen molar-refractivity contribution < 1.29 is 5.11 Å². The Morgan fingerprint density at radius 2 is 2.18 bits per heavy atom. The predicted octanol–water partition coefficient (Wildman–Crippen LogP) is 1.10. The molecule has 1 aliphatic rings. The van der Waals surface area contributed by atoms with E-state index in [9.17, 15) is 5.11 Å². The van der Waals surface area contributed by atoms with Crippen molar-refractivity contribution in [2.24, 2.45) is 5.92 Å². The maximum Gasteiger partial charge on any atom is 0.0595 e. The fraction of sp³-hybridized carbons (Fsp3) is 1.00. The maximum absolute atomic E-state index is 9.63. The normalized spacial score (nSPS) is 40.9. The minimum absolute atomic E-state index is 0.0637. The summed E-state index contributed by atoms with van der Waals surface area (Å²) < 4.78 is 0. The van der Waals surface area contributed by atoms with Crippen LogP contribution in [0.25, 0.3) is 0 Å². The van der Waals surface area contributed by atoms with Crippen LogP contribution in [0.1, 0.15) is 26.7 Å². The minimum atomic E-state index is -0.0637. The first kappa shape index (κ1) is 9.01. The number of hydrogen-bond donors (Lipinski definition) is 1. The van der Waals surface area contributed by atoms with Gasteiger partial charge in [0.2, 0.25) is 0 Å². The Kier molecular flexibility index (Phi) is 2.90. The zero-order chi connectivity index (χ0) is 8.43. The lowest BCUT2D eigenvalue weighted by Gasteiger charge is -2.38. The Balaban J connectivity index is 2.48. The van der Waals surface area contributed by atoms with Crippen molar-refractivity contribution >= 4 is 0 Å². The van der Waals surface area contributed by atoms with Gasteiger partial charge in [-0.15, -0.1) is 0 Å². The average molecular weight is 157 g/mol. The molecule has 0 aromatic carbocycles. The molecule has 1 N–H and O–H groups in total. The summed E-state index contributed by atoms with van der Waals surface area (Å²) in [4.78, 5) is 2.33. The molecular weight excluding hydrogens is 138 g/mol. The summed E-state index contributed by atoms with van der Waals surface area (Å²) in [6.07, 6.45) is 1.97. The van der Waals surface area contributed by atoms with E-state index in [1.807, 2.05) is 0 Å². The van der Waals surface area contributed by atoms with Crippen LogP contribution in [-0.4, -0.2) is 35.7 Å². The Morgan fingerprint density at radius 1 is 1.55 bits per heavy atom. The van der Waals surface area contributed by atoms with Gasteiger partial charge in [-0.25, -0.2) is 0 Å². The van der Waals surface area contributed by atoms with Gasteiger partial charge in [-0.05, 0) is 32.7 Å². The lowest BCUT2D eigenvalue weighted by atomic mass is 9.89. The molecule has 0 saturated carbocycles. The van der Waals surface area contributed by atoms with Crippen LogP contribution >= 0.6 is 0 Å². The van der Waals surface area contributed by atoms with E-state index >= 15 is 0 Å². The molecule has 1 fully saturated rings. The van der Waals surface area contributed by atoms with Crippen molar-refractivity contribution in [3.05, 3.63) is 0 Å². The van der Waals surface area contributed by atoms with E-state index < -0.39 is 0 Å². The Labute approximate surface area is 69.2 Å². The van der Waals surface area contributed by atoms with Crippen molar-refractivity contribution in [1.82, 2.24) is 4.90 Å². The second kappa shape index (κ2) is 3.55. The van der Waals surface area contributed by atoms with Gasteiger partial charge in [-0.2, -0.15) is 0 Å². The van der Waals surface area contributed by atoms with Crippen LogP contribution in [0.2, 0.25) is 0 Å². The Hall–Kier alpha value is -0.0800. The lowest BCUT2D eigenvalue weighted by molar-refractivity contribution is 0.00828. The van der Waals surface area contributed by atoms with Crippen LogP contribution in [0.3, 0.4) is 0 Å². The minimum Gasteiger partial charge on any atom is -0.393 e. The largest absolute Gasteiger partial charge is 0.393 e. The summed E-state index contributed by atoms with van der Waals surface area (Å²) in [5, 5.41) is 9.63. The van der Waals surface area contributed by atoms with E-state index in [1.54, 1.807) is 0 Å². The standard InChI is InChI=1S/C9H19NO/c1-4-8-6-10(3)7(2)5-9(8)11/h7-9,11H,4-6H2,1-3H3/t7-,8+,9+/m1/s1. The summed E-state index contributed by atoms with van der Waals surface area (Å²) in [5.74, 6) is 0.496. The number of likely N-dealkylation sites (tertiary alicyclic amines) is 1.